The fraction of sp³-hybridized carbons (Fsp3) is 0.353. The van der Waals surface area contributed by atoms with Crippen molar-refractivity contribution in [2.75, 3.05) is 24.5 Å². The molecular formula is C17H20N4O. The summed E-state index contributed by atoms with van der Waals surface area (Å²) in [5.74, 6) is 1.81. The van der Waals surface area contributed by atoms with Gasteiger partial charge in [0.2, 0.25) is 5.91 Å². The fourth-order valence-corrected chi connectivity index (χ4v) is 2.95. The quantitative estimate of drug-likeness (QED) is 0.852. The van der Waals surface area contributed by atoms with Crippen molar-refractivity contribution in [3.63, 3.8) is 0 Å². The second kappa shape index (κ2) is 6.13. The van der Waals surface area contributed by atoms with E-state index in [1.807, 2.05) is 36.1 Å². The zero-order valence-corrected chi connectivity index (χ0v) is 12.9. The molecule has 0 bridgehead atoms. The maximum Gasteiger partial charge on any atom is 0.220 e. The lowest BCUT2D eigenvalue weighted by molar-refractivity contribution is -0.131. The van der Waals surface area contributed by atoms with Gasteiger partial charge >= 0.3 is 0 Å². The van der Waals surface area contributed by atoms with Crippen molar-refractivity contribution < 1.29 is 4.79 Å². The minimum absolute atomic E-state index is 0.0581. The van der Waals surface area contributed by atoms with Crippen LogP contribution in [0.2, 0.25) is 0 Å². The third kappa shape index (κ3) is 2.93. The van der Waals surface area contributed by atoms with Crippen molar-refractivity contribution in [2.45, 2.75) is 19.9 Å². The van der Waals surface area contributed by atoms with Crippen molar-refractivity contribution in [1.29, 1.82) is 0 Å². The fourth-order valence-electron chi connectivity index (χ4n) is 2.95. The Kier molecular flexibility index (Phi) is 4.04. The Morgan fingerprint density at radius 2 is 1.95 bits per heavy atom. The number of hydrogen-bond acceptors (Lipinski definition) is 4. The first-order valence-electron chi connectivity index (χ1n) is 7.52. The zero-order chi connectivity index (χ0) is 15.5. The van der Waals surface area contributed by atoms with Gasteiger partial charge in [-0.05, 0) is 18.6 Å². The molecule has 22 heavy (non-hydrogen) atoms. The van der Waals surface area contributed by atoms with E-state index in [-0.39, 0.29) is 11.9 Å². The second-order valence-corrected chi connectivity index (χ2v) is 5.55. The zero-order valence-electron chi connectivity index (χ0n) is 12.9. The third-order valence-corrected chi connectivity index (χ3v) is 4.05. The molecule has 2 heterocycles. The SMILES string of the molecule is CC(=O)N1CCN(c2ccnc(C)n2)C[C@@H]1c1ccccc1. The average molecular weight is 296 g/mol. The lowest BCUT2D eigenvalue weighted by Crippen LogP contribution is -2.50. The predicted molar refractivity (Wildman–Crippen MR) is 85.6 cm³/mol. The molecule has 0 spiro atoms. The highest BCUT2D eigenvalue weighted by molar-refractivity contribution is 5.74. The van der Waals surface area contributed by atoms with Crippen LogP contribution >= 0.6 is 0 Å². The van der Waals surface area contributed by atoms with Gasteiger partial charge in [-0.15, -0.1) is 0 Å². The van der Waals surface area contributed by atoms with Crippen molar-refractivity contribution >= 4 is 11.7 Å². The lowest BCUT2D eigenvalue weighted by Gasteiger charge is -2.41. The number of piperazine rings is 1. The highest BCUT2D eigenvalue weighted by Crippen LogP contribution is 2.27. The molecule has 5 heteroatoms. The van der Waals surface area contributed by atoms with Gasteiger partial charge in [0, 0.05) is 32.8 Å². The average Bonchev–Trinajstić information content (AvgIpc) is 2.55. The van der Waals surface area contributed by atoms with Crippen LogP contribution in [0.4, 0.5) is 5.82 Å². The molecule has 3 rings (SSSR count). The van der Waals surface area contributed by atoms with Gasteiger partial charge in [-0.1, -0.05) is 30.3 Å². The molecule has 1 aliphatic heterocycles. The maximum atomic E-state index is 12.0. The molecule has 1 aromatic carbocycles. The molecular weight excluding hydrogens is 276 g/mol. The molecule has 0 saturated carbocycles. The second-order valence-electron chi connectivity index (χ2n) is 5.55. The molecule has 1 atom stereocenters. The number of nitrogens with zero attached hydrogens (tertiary/aromatic N) is 4. The normalized spacial score (nSPS) is 18.4. The first-order valence-corrected chi connectivity index (χ1v) is 7.52. The number of hydrogen-bond donors (Lipinski definition) is 0. The van der Waals surface area contributed by atoms with Crippen LogP contribution < -0.4 is 4.90 Å². The van der Waals surface area contributed by atoms with Gasteiger partial charge in [-0.25, -0.2) is 9.97 Å². The van der Waals surface area contributed by atoms with Gasteiger partial charge in [-0.2, -0.15) is 0 Å². The number of aromatic nitrogens is 2. The molecule has 114 valence electrons. The summed E-state index contributed by atoms with van der Waals surface area (Å²) in [5, 5.41) is 0. The van der Waals surface area contributed by atoms with Gasteiger partial charge in [0.15, 0.2) is 0 Å². The molecule has 5 nitrogen and oxygen atoms in total. The Hall–Kier alpha value is -2.43. The summed E-state index contributed by atoms with van der Waals surface area (Å²) >= 11 is 0. The Morgan fingerprint density at radius 3 is 2.64 bits per heavy atom. The summed E-state index contributed by atoms with van der Waals surface area (Å²) < 4.78 is 0. The number of amides is 1. The molecule has 1 fully saturated rings. The van der Waals surface area contributed by atoms with Crippen molar-refractivity contribution in [3.8, 4) is 0 Å². The Labute approximate surface area is 130 Å². The first-order chi connectivity index (χ1) is 10.6. The third-order valence-electron chi connectivity index (χ3n) is 4.05. The van der Waals surface area contributed by atoms with Crippen molar-refractivity contribution in [2.24, 2.45) is 0 Å². The minimum Gasteiger partial charge on any atom is -0.352 e. The van der Waals surface area contributed by atoms with E-state index in [1.165, 1.54) is 0 Å². The largest absolute Gasteiger partial charge is 0.352 e. The van der Waals surface area contributed by atoms with E-state index in [9.17, 15) is 4.79 Å². The Morgan fingerprint density at radius 1 is 1.18 bits per heavy atom. The van der Waals surface area contributed by atoms with E-state index in [4.69, 9.17) is 0 Å². The number of rotatable bonds is 2. The Balaban J connectivity index is 1.88. The minimum atomic E-state index is 0.0581. The molecule has 1 amide bonds. The van der Waals surface area contributed by atoms with Gasteiger partial charge in [-0.3, -0.25) is 4.79 Å². The summed E-state index contributed by atoms with van der Waals surface area (Å²) in [6.45, 7) is 5.78. The number of benzene rings is 1. The molecule has 0 radical (unpaired) electrons. The van der Waals surface area contributed by atoms with E-state index in [0.29, 0.717) is 6.54 Å². The van der Waals surface area contributed by atoms with E-state index in [2.05, 4.69) is 27.0 Å². The number of anilines is 1. The summed E-state index contributed by atoms with van der Waals surface area (Å²) in [5.41, 5.74) is 1.16. The molecule has 1 saturated heterocycles. The van der Waals surface area contributed by atoms with Crippen LogP contribution in [0.1, 0.15) is 24.4 Å². The van der Waals surface area contributed by atoms with Crippen LogP contribution in [0.25, 0.3) is 0 Å². The van der Waals surface area contributed by atoms with Gasteiger partial charge in [0.05, 0.1) is 6.04 Å². The van der Waals surface area contributed by atoms with Crippen LogP contribution in [-0.2, 0) is 4.79 Å². The van der Waals surface area contributed by atoms with E-state index in [1.54, 1.807) is 13.1 Å². The number of aryl methyl sites for hydroxylation is 1. The van der Waals surface area contributed by atoms with Crippen LogP contribution in [0.5, 0.6) is 0 Å². The molecule has 1 aromatic heterocycles. The van der Waals surface area contributed by atoms with Crippen LogP contribution in [0.3, 0.4) is 0 Å². The molecule has 0 aliphatic carbocycles. The highest BCUT2D eigenvalue weighted by atomic mass is 16.2. The lowest BCUT2D eigenvalue weighted by atomic mass is 10.0. The van der Waals surface area contributed by atoms with Gasteiger partial charge in [0.25, 0.3) is 0 Å². The van der Waals surface area contributed by atoms with E-state index < -0.39 is 0 Å². The van der Waals surface area contributed by atoms with Crippen LogP contribution in [-0.4, -0.2) is 40.4 Å². The summed E-state index contributed by atoms with van der Waals surface area (Å²) in [6.07, 6.45) is 1.78. The standard InChI is InChI=1S/C17H20N4O/c1-13-18-9-8-17(19-13)20-10-11-21(14(2)22)16(12-20)15-6-4-3-5-7-15/h3-9,16H,10-12H2,1-2H3/t16-/m1/s1. The Bertz CT molecular complexity index is 659. The predicted octanol–water partition coefficient (Wildman–Crippen LogP) is 2.19. The summed E-state index contributed by atoms with van der Waals surface area (Å²) in [7, 11) is 0. The smallest absolute Gasteiger partial charge is 0.220 e. The molecule has 2 aromatic rings. The van der Waals surface area contributed by atoms with Gasteiger partial charge < -0.3 is 9.80 Å². The first kappa shape index (κ1) is 14.5. The van der Waals surface area contributed by atoms with E-state index in [0.717, 1.165) is 30.3 Å². The molecule has 0 N–H and O–H groups in total. The van der Waals surface area contributed by atoms with Gasteiger partial charge in [0.1, 0.15) is 11.6 Å². The number of carbonyl (C=O) groups excluding carboxylic acids is 1. The van der Waals surface area contributed by atoms with Crippen molar-refractivity contribution in [3.05, 3.63) is 54.0 Å². The maximum absolute atomic E-state index is 12.0. The van der Waals surface area contributed by atoms with Crippen LogP contribution in [0.15, 0.2) is 42.6 Å². The summed E-state index contributed by atoms with van der Waals surface area (Å²) in [6, 6.07) is 12.2. The van der Waals surface area contributed by atoms with Crippen molar-refractivity contribution in [1.82, 2.24) is 14.9 Å². The molecule has 0 unspecified atom stereocenters. The highest BCUT2D eigenvalue weighted by Gasteiger charge is 2.30. The van der Waals surface area contributed by atoms with E-state index >= 15 is 0 Å². The van der Waals surface area contributed by atoms with Crippen LogP contribution in [0, 0.1) is 6.92 Å². The topological polar surface area (TPSA) is 49.3 Å². The summed E-state index contributed by atoms with van der Waals surface area (Å²) in [4.78, 5) is 24.8. The monoisotopic (exact) mass is 296 g/mol. The molecule has 1 aliphatic rings. The number of carbonyl (C=O) groups is 1.